The van der Waals surface area contributed by atoms with Crippen LogP contribution in [0.5, 0.6) is 0 Å². The Kier molecular flexibility index (Phi) is 5.85. The van der Waals surface area contributed by atoms with Crippen molar-refractivity contribution in [3.63, 3.8) is 0 Å². The second-order valence-corrected chi connectivity index (χ2v) is 6.30. The maximum atomic E-state index is 13.8. The van der Waals surface area contributed by atoms with E-state index >= 15 is 0 Å². The second-order valence-electron chi connectivity index (χ2n) is 5.89. The maximum absolute atomic E-state index is 13.8. The molecule has 136 valence electrons. The number of carbonyl (C=O) groups excluding carboxylic acids is 2. The lowest BCUT2D eigenvalue weighted by Crippen LogP contribution is -2.46. The highest BCUT2D eigenvalue weighted by atomic mass is 35.5. The normalized spacial score (nSPS) is 17.0. The average molecular weight is 377 g/mol. The minimum Gasteiger partial charge on any atom is -0.370 e. The molecule has 1 aliphatic rings. The molecule has 0 saturated carbocycles. The van der Waals surface area contributed by atoms with Gasteiger partial charge >= 0.3 is 0 Å². The van der Waals surface area contributed by atoms with E-state index in [2.05, 4.69) is 5.32 Å². The van der Waals surface area contributed by atoms with E-state index in [-0.39, 0.29) is 29.1 Å². The number of ether oxygens (including phenoxy) is 1. The van der Waals surface area contributed by atoms with Crippen LogP contribution in [0, 0.1) is 5.82 Å². The third-order valence-corrected chi connectivity index (χ3v) is 4.50. The molecular weight excluding hydrogens is 359 g/mol. The molecule has 26 heavy (non-hydrogen) atoms. The summed E-state index contributed by atoms with van der Waals surface area (Å²) in [6, 6.07) is 13.6. The van der Waals surface area contributed by atoms with Crippen molar-refractivity contribution in [2.24, 2.45) is 0 Å². The summed E-state index contributed by atoms with van der Waals surface area (Å²) in [5, 5.41) is 2.44. The first-order chi connectivity index (χ1) is 12.6. The third kappa shape index (κ3) is 4.20. The zero-order chi connectivity index (χ0) is 18.5. The minimum atomic E-state index is -0.724. The van der Waals surface area contributed by atoms with E-state index in [4.69, 9.17) is 16.3 Å². The standard InChI is InChI=1S/C19H18ClFN2O3/c20-14-7-4-8-15(21)18(14)19(25)22-11-17(24)23-9-10-26-16(12-23)13-5-2-1-3-6-13/h1-8,16H,9-12H2,(H,22,25)/t16-/m1/s1. The molecule has 7 heteroatoms. The van der Waals surface area contributed by atoms with Crippen LogP contribution in [0.3, 0.4) is 0 Å². The van der Waals surface area contributed by atoms with Crippen molar-refractivity contribution < 1.29 is 18.7 Å². The lowest BCUT2D eigenvalue weighted by atomic mass is 10.1. The topological polar surface area (TPSA) is 58.6 Å². The Hall–Kier alpha value is -2.44. The van der Waals surface area contributed by atoms with E-state index in [1.807, 2.05) is 30.3 Å². The number of hydrogen-bond donors (Lipinski definition) is 1. The molecule has 0 aromatic heterocycles. The van der Waals surface area contributed by atoms with E-state index in [0.717, 1.165) is 11.6 Å². The lowest BCUT2D eigenvalue weighted by molar-refractivity contribution is -0.137. The van der Waals surface area contributed by atoms with E-state index in [0.29, 0.717) is 19.7 Å². The summed E-state index contributed by atoms with van der Waals surface area (Å²) in [6.07, 6.45) is -0.203. The van der Waals surface area contributed by atoms with Gasteiger partial charge in [0.25, 0.3) is 5.91 Å². The quantitative estimate of drug-likeness (QED) is 0.892. The Morgan fingerprint density at radius 1 is 1.19 bits per heavy atom. The fourth-order valence-electron chi connectivity index (χ4n) is 2.82. The molecule has 1 N–H and O–H groups in total. The van der Waals surface area contributed by atoms with Crippen molar-refractivity contribution in [1.29, 1.82) is 0 Å². The Bertz CT molecular complexity index is 780. The van der Waals surface area contributed by atoms with Crippen LogP contribution in [-0.2, 0) is 9.53 Å². The van der Waals surface area contributed by atoms with Gasteiger partial charge in [0.15, 0.2) is 0 Å². The van der Waals surface area contributed by atoms with E-state index < -0.39 is 11.7 Å². The van der Waals surface area contributed by atoms with Gasteiger partial charge in [0.05, 0.1) is 30.3 Å². The Morgan fingerprint density at radius 3 is 2.69 bits per heavy atom. The molecule has 0 unspecified atom stereocenters. The van der Waals surface area contributed by atoms with Crippen LogP contribution in [0.4, 0.5) is 4.39 Å². The third-order valence-electron chi connectivity index (χ3n) is 4.18. The van der Waals surface area contributed by atoms with Crippen molar-refractivity contribution in [2.45, 2.75) is 6.10 Å². The molecule has 0 radical (unpaired) electrons. The van der Waals surface area contributed by atoms with Gasteiger partial charge in [-0.25, -0.2) is 4.39 Å². The Labute approximate surface area is 155 Å². The second kappa shape index (κ2) is 8.29. The van der Waals surface area contributed by atoms with Gasteiger partial charge in [-0.15, -0.1) is 0 Å². The predicted octanol–water partition coefficient (Wildman–Crippen LogP) is 2.81. The average Bonchev–Trinajstić information content (AvgIpc) is 2.67. The molecule has 1 aliphatic heterocycles. The SMILES string of the molecule is O=C(NCC(=O)N1CCO[C@@H](c2ccccc2)C1)c1c(F)cccc1Cl. The van der Waals surface area contributed by atoms with Gasteiger partial charge in [-0.3, -0.25) is 9.59 Å². The number of rotatable bonds is 4. The molecule has 5 nitrogen and oxygen atoms in total. The number of morpholine rings is 1. The number of benzene rings is 2. The summed E-state index contributed by atoms with van der Waals surface area (Å²) >= 11 is 5.86. The summed E-state index contributed by atoms with van der Waals surface area (Å²) in [5.41, 5.74) is 0.735. The zero-order valence-electron chi connectivity index (χ0n) is 14.0. The van der Waals surface area contributed by atoms with E-state index in [9.17, 15) is 14.0 Å². The fourth-order valence-corrected chi connectivity index (χ4v) is 3.06. The Morgan fingerprint density at radius 2 is 1.96 bits per heavy atom. The van der Waals surface area contributed by atoms with E-state index in [1.54, 1.807) is 4.90 Å². The molecule has 1 heterocycles. The summed E-state index contributed by atoms with van der Waals surface area (Å²) in [6.45, 7) is 1.03. The zero-order valence-corrected chi connectivity index (χ0v) is 14.7. The van der Waals surface area contributed by atoms with Crippen LogP contribution in [0.1, 0.15) is 22.0 Å². The summed E-state index contributed by atoms with van der Waals surface area (Å²) in [7, 11) is 0. The number of amides is 2. The first-order valence-electron chi connectivity index (χ1n) is 8.23. The van der Waals surface area contributed by atoms with Gasteiger partial charge in [-0.2, -0.15) is 0 Å². The summed E-state index contributed by atoms with van der Waals surface area (Å²) in [5.74, 6) is -1.69. The largest absolute Gasteiger partial charge is 0.370 e. The molecule has 2 aromatic rings. The van der Waals surface area contributed by atoms with Gasteiger partial charge in [-0.1, -0.05) is 48.0 Å². The molecule has 1 saturated heterocycles. The smallest absolute Gasteiger partial charge is 0.256 e. The number of hydrogen-bond acceptors (Lipinski definition) is 3. The highest BCUT2D eigenvalue weighted by Crippen LogP contribution is 2.22. The van der Waals surface area contributed by atoms with Crippen LogP contribution in [0.2, 0.25) is 5.02 Å². The molecule has 0 aliphatic carbocycles. The fraction of sp³-hybridized carbons (Fsp3) is 0.263. The maximum Gasteiger partial charge on any atom is 0.256 e. The molecular formula is C19H18ClFN2O3. The highest BCUT2D eigenvalue weighted by Gasteiger charge is 2.26. The van der Waals surface area contributed by atoms with Crippen molar-refractivity contribution in [2.75, 3.05) is 26.2 Å². The van der Waals surface area contributed by atoms with Gasteiger partial charge in [-0.05, 0) is 17.7 Å². The molecule has 0 bridgehead atoms. The number of nitrogens with zero attached hydrogens (tertiary/aromatic N) is 1. The van der Waals surface area contributed by atoms with Gasteiger partial charge in [0.2, 0.25) is 5.91 Å². The van der Waals surface area contributed by atoms with Gasteiger partial charge in [0.1, 0.15) is 11.9 Å². The van der Waals surface area contributed by atoms with Gasteiger partial charge < -0.3 is 15.0 Å². The highest BCUT2D eigenvalue weighted by molar-refractivity contribution is 6.33. The molecule has 1 atom stereocenters. The van der Waals surface area contributed by atoms with Crippen LogP contribution in [-0.4, -0.2) is 43.0 Å². The number of halogens is 2. The number of nitrogens with one attached hydrogen (secondary N) is 1. The van der Waals surface area contributed by atoms with Crippen molar-refractivity contribution in [3.05, 3.63) is 70.5 Å². The molecule has 3 rings (SSSR count). The van der Waals surface area contributed by atoms with Crippen LogP contribution < -0.4 is 5.32 Å². The van der Waals surface area contributed by atoms with Crippen molar-refractivity contribution in [3.8, 4) is 0 Å². The monoisotopic (exact) mass is 376 g/mol. The van der Waals surface area contributed by atoms with Gasteiger partial charge in [0, 0.05) is 6.54 Å². The molecule has 0 spiro atoms. The van der Waals surface area contributed by atoms with Crippen LogP contribution in [0.25, 0.3) is 0 Å². The first-order valence-corrected chi connectivity index (χ1v) is 8.60. The molecule has 2 amide bonds. The Balaban J connectivity index is 1.59. The first kappa shape index (κ1) is 18.4. The van der Waals surface area contributed by atoms with Crippen molar-refractivity contribution >= 4 is 23.4 Å². The number of carbonyl (C=O) groups is 2. The van der Waals surface area contributed by atoms with Crippen molar-refractivity contribution in [1.82, 2.24) is 10.2 Å². The summed E-state index contributed by atoms with van der Waals surface area (Å²) < 4.78 is 19.5. The summed E-state index contributed by atoms with van der Waals surface area (Å²) in [4.78, 5) is 26.2. The molecule has 1 fully saturated rings. The van der Waals surface area contributed by atoms with E-state index in [1.165, 1.54) is 12.1 Å². The lowest BCUT2D eigenvalue weighted by Gasteiger charge is -2.33. The van der Waals surface area contributed by atoms with Crippen LogP contribution in [0.15, 0.2) is 48.5 Å². The molecule has 2 aromatic carbocycles. The van der Waals surface area contributed by atoms with Crippen LogP contribution >= 0.6 is 11.6 Å². The predicted molar refractivity (Wildman–Crippen MR) is 95.5 cm³/mol. The minimum absolute atomic E-state index is 0.00506.